The van der Waals surface area contributed by atoms with Crippen molar-refractivity contribution in [1.82, 2.24) is 10.4 Å². The van der Waals surface area contributed by atoms with Crippen LogP contribution in [-0.2, 0) is 4.79 Å². The van der Waals surface area contributed by atoms with Crippen LogP contribution in [0.15, 0.2) is 29.2 Å². The molecule has 1 amide bonds. The molecule has 0 unspecified atom stereocenters. The first-order chi connectivity index (χ1) is 9.13. The Bertz CT molecular complexity index is 418. The van der Waals surface area contributed by atoms with Gasteiger partial charge in [0.2, 0.25) is 5.91 Å². The molecular weight excluding hydrogens is 265 g/mol. The molecule has 1 aliphatic heterocycles. The zero-order chi connectivity index (χ0) is 13.7. The van der Waals surface area contributed by atoms with E-state index in [4.69, 9.17) is 0 Å². The number of likely N-dealkylation sites (N-methyl/N-ethyl adjacent to an activating group) is 1. The highest BCUT2D eigenvalue weighted by molar-refractivity contribution is 8.00. The molecular formula is C13H19FN3OS+. The van der Waals surface area contributed by atoms with Crippen LogP contribution in [0.25, 0.3) is 0 Å². The number of benzene rings is 1. The summed E-state index contributed by atoms with van der Waals surface area (Å²) in [5, 5.41) is 1.97. The van der Waals surface area contributed by atoms with E-state index in [0.717, 1.165) is 31.1 Å². The smallest absolute Gasteiger partial charge is 0.244 e. The Hall–Kier alpha value is -1.11. The fourth-order valence-corrected chi connectivity index (χ4v) is 2.58. The molecule has 0 bridgehead atoms. The first-order valence-corrected chi connectivity index (χ1v) is 7.36. The number of amides is 1. The highest BCUT2D eigenvalue weighted by Gasteiger charge is 2.17. The van der Waals surface area contributed by atoms with E-state index in [0.29, 0.717) is 5.75 Å². The van der Waals surface area contributed by atoms with Crippen LogP contribution in [0.2, 0.25) is 0 Å². The molecule has 104 valence electrons. The van der Waals surface area contributed by atoms with Crippen molar-refractivity contribution in [3.8, 4) is 0 Å². The van der Waals surface area contributed by atoms with E-state index in [1.807, 2.05) is 5.01 Å². The number of hydrazine groups is 1. The van der Waals surface area contributed by atoms with Gasteiger partial charge in [0.15, 0.2) is 0 Å². The summed E-state index contributed by atoms with van der Waals surface area (Å²) in [5.74, 6) is 0.0905. The van der Waals surface area contributed by atoms with Gasteiger partial charge in [-0.2, -0.15) is 0 Å². The molecule has 1 fully saturated rings. The quantitative estimate of drug-likeness (QED) is 0.751. The molecule has 0 atom stereocenters. The molecule has 0 radical (unpaired) electrons. The summed E-state index contributed by atoms with van der Waals surface area (Å²) in [5.41, 5.74) is 2.91. The van der Waals surface area contributed by atoms with Crippen molar-refractivity contribution in [2.45, 2.75) is 4.90 Å². The number of hydrogen-bond donors (Lipinski definition) is 2. The van der Waals surface area contributed by atoms with Crippen molar-refractivity contribution in [3.05, 3.63) is 30.1 Å². The molecule has 1 heterocycles. The highest BCUT2D eigenvalue weighted by atomic mass is 32.2. The van der Waals surface area contributed by atoms with Crippen molar-refractivity contribution < 1.29 is 14.1 Å². The second-order valence-electron chi connectivity index (χ2n) is 4.72. The number of thioether (sulfide) groups is 1. The molecule has 6 heteroatoms. The van der Waals surface area contributed by atoms with E-state index >= 15 is 0 Å². The lowest BCUT2D eigenvalue weighted by Crippen LogP contribution is -3.12. The maximum absolute atomic E-state index is 12.7. The van der Waals surface area contributed by atoms with Gasteiger partial charge in [-0.3, -0.25) is 10.2 Å². The van der Waals surface area contributed by atoms with Crippen LogP contribution in [0.4, 0.5) is 4.39 Å². The SMILES string of the molecule is C[NH+]1CCN(NC(=O)CSc2ccc(F)cc2)CC1. The van der Waals surface area contributed by atoms with Crippen molar-refractivity contribution in [2.24, 2.45) is 0 Å². The monoisotopic (exact) mass is 284 g/mol. The van der Waals surface area contributed by atoms with Crippen LogP contribution in [0.5, 0.6) is 0 Å². The van der Waals surface area contributed by atoms with Crippen LogP contribution in [0.1, 0.15) is 0 Å². The maximum atomic E-state index is 12.7. The van der Waals surface area contributed by atoms with Gasteiger partial charge in [0.25, 0.3) is 0 Å². The summed E-state index contributed by atoms with van der Waals surface area (Å²) in [6.45, 7) is 3.87. The standard InChI is InChI=1S/C13H18FN3OS/c1-16-6-8-17(9-7-16)15-13(18)10-19-12-4-2-11(14)3-5-12/h2-5H,6-10H2,1H3,(H,15,18)/p+1. The molecule has 1 saturated heterocycles. The lowest BCUT2D eigenvalue weighted by Gasteiger charge is -2.30. The van der Waals surface area contributed by atoms with E-state index in [2.05, 4.69) is 12.5 Å². The third-order valence-corrected chi connectivity index (χ3v) is 4.10. The average Bonchev–Trinajstić information content (AvgIpc) is 2.41. The van der Waals surface area contributed by atoms with Crippen LogP contribution < -0.4 is 10.3 Å². The molecule has 1 aromatic rings. The van der Waals surface area contributed by atoms with Gasteiger partial charge >= 0.3 is 0 Å². The van der Waals surface area contributed by atoms with E-state index in [-0.39, 0.29) is 11.7 Å². The number of quaternary nitrogens is 1. The Balaban J connectivity index is 1.71. The highest BCUT2D eigenvalue weighted by Crippen LogP contribution is 2.17. The lowest BCUT2D eigenvalue weighted by molar-refractivity contribution is -0.884. The fraction of sp³-hybridized carbons (Fsp3) is 0.462. The number of hydrogen-bond acceptors (Lipinski definition) is 3. The van der Waals surface area contributed by atoms with Crippen molar-refractivity contribution in [3.63, 3.8) is 0 Å². The minimum Gasteiger partial charge on any atom is -0.335 e. The molecule has 2 rings (SSSR count). The molecule has 4 nitrogen and oxygen atoms in total. The molecule has 1 aliphatic rings. The number of halogens is 1. The first-order valence-electron chi connectivity index (χ1n) is 6.37. The third-order valence-electron chi connectivity index (χ3n) is 3.08. The van der Waals surface area contributed by atoms with E-state index in [9.17, 15) is 9.18 Å². The van der Waals surface area contributed by atoms with Crippen LogP contribution >= 0.6 is 11.8 Å². The van der Waals surface area contributed by atoms with Crippen molar-refractivity contribution in [2.75, 3.05) is 39.0 Å². The van der Waals surface area contributed by atoms with Gasteiger partial charge in [-0.1, -0.05) is 0 Å². The molecule has 0 aliphatic carbocycles. The Morgan fingerprint density at radius 2 is 2.00 bits per heavy atom. The zero-order valence-corrected chi connectivity index (χ0v) is 11.8. The normalized spacial score (nSPS) is 17.4. The van der Waals surface area contributed by atoms with Gasteiger partial charge in [0, 0.05) is 4.90 Å². The van der Waals surface area contributed by atoms with Gasteiger partial charge in [-0.15, -0.1) is 11.8 Å². The third kappa shape index (κ3) is 4.81. The summed E-state index contributed by atoms with van der Waals surface area (Å²) in [4.78, 5) is 14.2. The van der Waals surface area contributed by atoms with Crippen molar-refractivity contribution in [1.29, 1.82) is 0 Å². The molecule has 19 heavy (non-hydrogen) atoms. The van der Waals surface area contributed by atoms with Crippen LogP contribution in [0.3, 0.4) is 0 Å². The topological polar surface area (TPSA) is 36.8 Å². The molecule has 0 saturated carbocycles. The van der Waals surface area contributed by atoms with E-state index < -0.39 is 0 Å². The predicted molar refractivity (Wildman–Crippen MR) is 73.5 cm³/mol. The van der Waals surface area contributed by atoms with E-state index in [1.54, 1.807) is 12.1 Å². The maximum Gasteiger partial charge on any atom is 0.244 e. The van der Waals surface area contributed by atoms with Gasteiger partial charge in [-0.05, 0) is 24.3 Å². The summed E-state index contributed by atoms with van der Waals surface area (Å²) in [6, 6.07) is 6.19. The Kier molecular flexibility index (Phi) is 5.18. The summed E-state index contributed by atoms with van der Waals surface area (Å²) in [7, 11) is 2.16. The predicted octanol–water partition coefficient (Wildman–Crippen LogP) is -0.221. The second kappa shape index (κ2) is 6.88. The molecule has 0 spiro atoms. The number of piperazine rings is 1. The van der Waals surface area contributed by atoms with Gasteiger partial charge in [0.1, 0.15) is 5.82 Å². The van der Waals surface area contributed by atoms with Gasteiger partial charge in [0.05, 0.1) is 39.0 Å². The number of nitrogens with zero attached hydrogens (tertiary/aromatic N) is 1. The number of carbonyl (C=O) groups excluding carboxylic acids is 1. The largest absolute Gasteiger partial charge is 0.335 e. The molecule has 0 aromatic heterocycles. The summed E-state index contributed by atoms with van der Waals surface area (Å²) in [6.07, 6.45) is 0. The van der Waals surface area contributed by atoms with Gasteiger partial charge in [-0.25, -0.2) is 9.40 Å². The van der Waals surface area contributed by atoms with E-state index in [1.165, 1.54) is 28.8 Å². The molecule has 2 N–H and O–H groups in total. The zero-order valence-electron chi connectivity index (χ0n) is 11.0. The fourth-order valence-electron chi connectivity index (χ4n) is 1.89. The van der Waals surface area contributed by atoms with Crippen LogP contribution in [0, 0.1) is 5.82 Å². The minimum atomic E-state index is -0.256. The average molecular weight is 284 g/mol. The number of rotatable bonds is 4. The Morgan fingerprint density at radius 1 is 1.37 bits per heavy atom. The molecule has 1 aromatic carbocycles. The lowest BCUT2D eigenvalue weighted by atomic mass is 10.4. The Labute approximate surface area is 116 Å². The Morgan fingerprint density at radius 3 is 2.63 bits per heavy atom. The van der Waals surface area contributed by atoms with Crippen molar-refractivity contribution >= 4 is 17.7 Å². The minimum absolute atomic E-state index is 0.00567. The number of carbonyl (C=O) groups is 1. The first kappa shape index (κ1) is 14.3. The summed E-state index contributed by atoms with van der Waals surface area (Å²) < 4.78 is 12.7. The van der Waals surface area contributed by atoms with Crippen LogP contribution in [-0.4, -0.2) is 49.9 Å². The number of nitrogens with one attached hydrogen (secondary N) is 2. The summed E-state index contributed by atoms with van der Waals surface area (Å²) >= 11 is 1.42. The van der Waals surface area contributed by atoms with Gasteiger partial charge < -0.3 is 4.90 Å². The second-order valence-corrected chi connectivity index (χ2v) is 5.77.